The number of amides is 1. The normalized spacial score (nSPS) is 20.0. The van der Waals surface area contributed by atoms with Gasteiger partial charge in [0.05, 0.1) is 5.25 Å². The number of sulfonamides is 1. The Balaban J connectivity index is 1.57. The zero-order chi connectivity index (χ0) is 21.2. The van der Waals surface area contributed by atoms with Crippen molar-refractivity contribution >= 4 is 33.0 Å². The van der Waals surface area contributed by atoms with E-state index in [0.717, 1.165) is 16.8 Å². The molecule has 1 saturated carbocycles. The van der Waals surface area contributed by atoms with Gasteiger partial charge in [-0.25, -0.2) is 13.1 Å². The van der Waals surface area contributed by atoms with Gasteiger partial charge in [0, 0.05) is 22.5 Å². The number of carbonyl (C=O) groups excluding carboxylic acids is 1. The van der Waals surface area contributed by atoms with E-state index < -0.39 is 15.3 Å². The first kappa shape index (κ1) is 22.0. The highest BCUT2D eigenvalue weighted by Gasteiger charge is 2.29. The standard InChI is InChI=1S/C22H30N2O3S2/c1-14(2)29(26,27)24-19-8-5-17(6-9-19)22(25)23-20-10-7-18(12-16(20)4)21-11-15(3)13-28-21/h7,10-14,17,19,24H,5-6,8-9H2,1-4H3,(H,23,25)/t17-,19-. The maximum Gasteiger partial charge on any atom is 0.227 e. The van der Waals surface area contributed by atoms with Crippen LogP contribution in [0.15, 0.2) is 29.6 Å². The molecule has 5 nitrogen and oxygen atoms in total. The van der Waals surface area contributed by atoms with Crippen LogP contribution in [0.1, 0.15) is 50.7 Å². The van der Waals surface area contributed by atoms with Crippen molar-refractivity contribution in [2.24, 2.45) is 5.92 Å². The SMILES string of the molecule is Cc1csc(-c2ccc(NC(=O)[C@H]3CC[C@H](NS(=O)(=O)C(C)C)CC3)c(C)c2)c1. The van der Waals surface area contributed by atoms with Gasteiger partial charge in [-0.15, -0.1) is 11.3 Å². The molecule has 0 aliphatic heterocycles. The molecule has 1 fully saturated rings. The number of hydrogen-bond acceptors (Lipinski definition) is 4. The summed E-state index contributed by atoms with van der Waals surface area (Å²) in [6.07, 6.45) is 2.78. The van der Waals surface area contributed by atoms with Gasteiger partial charge in [-0.3, -0.25) is 4.79 Å². The Kier molecular flexibility index (Phi) is 6.81. The van der Waals surface area contributed by atoms with Crippen molar-refractivity contribution in [2.75, 3.05) is 5.32 Å². The van der Waals surface area contributed by atoms with Gasteiger partial charge in [0.25, 0.3) is 0 Å². The fourth-order valence-corrected chi connectivity index (χ4v) is 5.49. The molecule has 158 valence electrons. The first-order valence-corrected chi connectivity index (χ1v) is 12.6. The molecule has 1 aromatic heterocycles. The molecule has 1 aliphatic rings. The summed E-state index contributed by atoms with van der Waals surface area (Å²) in [6.45, 7) is 7.45. The summed E-state index contributed by atoms with van der Waals surface area (Å²) >= 11 is 1.72. The van der Waals surface area contributed by atoms with Crippen LogP contribution in [-0.4, -0.2) is 25.6 Å². The molecule has 0 bridgehead atoms. The van der Waals surface area contributed by atoms with E-state index in [0.29, 0.717) is 25.7 Å². The van der Waals surface area contributed by atoms with E-state index in [-0.39, 0.29) is 17.9 Å². The van der Waals surface area contributed by atoms with Crippen molar-refractivity contribution in [3.8, 4) is 10.4 Å². The molecule has 1 heterocycles. The average Bonchev–Trinajstić information content (AvgIpc) is 3.10. The summed E-state index contributed by atoms with van der Waals surface area (Å²) in [6, 6.07) is 8.23. The number of carbonyl (C=O) groups is 1. The predicted molar refractivity (Wildman–Crippen MR) is 121 cm³/mol. The number of benzene rings is 1. The van der Waals surface area contributed by atoms with Crippen LogP contribution in [0.2, 0.25) is 0 Å². The summed E-state index contributed by atoms with van der Waals surface area (Å²) in [4.78, 5) is 14.0. The first-order valence-electron chi connectivity index (χ1n) is 10.1. The van der Waals surface area contributed by atoms with Gasteiger partial charge < -0.3 is 5.32 Å². The number of nitrogens with one attached hydrogen (secondary N) is 2. The van der Waals surface area contributed by atoms with E-state index in [1.165, 1.54) is 10.4 Å². The smallest absolute Gasteiger partial charge is 0.227 e. The highest BCUT2D eigenvalue weighted by molar-refractivity contribution is 7.90. The van der Waals surface area contributed by atoms with E-state index in [2.05, 4.69) is 34.5 Å². The monoisotopic (exact) mass is 434 g/mol. The number of rotatable bonds is 6. The molecule has 2 N–H and O–H groups in total. The third-order valence-electron chi connectivity index (χ3n) is 5.55. The maximum atomic E-state index is 12.7. The Hall–Kier alpha value is -1.70. The summed E-state index contributed by atoms with van der Waals surface area (Å²) < 4.78 is 26.8. The zero-order valence-corrected chi connectivity index (χ0v) is 19.1. The Morgan fingerprint density at radius 3 is 2.34 bits per heavy atom. The number of hydrogen-bond donors (Lipinski definition) is 2. The number of anilines is 1. The Bertz CT molecular complexity index is 972. The summed E-state index contributed by atoms with van der Waals surface area (Å²) in [5, 5.41) is 4.77. The molecule has 0 radical (unpaired) electrons. The molecule has 0 atom stereocenters. The minimum atomic E-state index is -3.26. The fourth-order valence-electron chi connectivity index (χ4n) is 3.62. The molecule has 1 amide bonds. The fraction of sp³-hybridized carbons (Fsp3) is 0.500. The topological polar surface area (TPSA) is 75.3 Å². The van der Waals surface area contributed by atoms with Crippen molar-refractivity contribution < 1.29 is 13.2 Å². The lowest BCUT2D eigenvalue weighted by Crippen LogP contribution is -2.42. The quantitative estimate of drug-likeness (QED) is 0.682. The van der Waals surface area contributed by atoms with Crippen LogP contribution in [-0.2, 0) is 14.8 Å². The van der Waals surface area contributed by atoms with Crippen LogP contribution in [0.5, 0.6) is 0 Å². The van der Waals surface area contributed by atoms with Gasteiger partial charge in [-0.1, -0.05) is 6.07 Å². The third-order valence-corrected chi connectivity index (χ3v) is 8.55. The third kappa shape index (κ3) is 5.47. The molecule has 29 heavy (non-hydrogen) atoms. The van der Waals surface area contributed by atoms with Crippen LogP contribution < -0.4 is 10.0 Å². The lowest BCUT2D eigenvalue weighted by molar-refractivity contribution is -0.120. The molecule has 1 aliphatic carbocycles. The van der Waals surface area contributed by atoms with Gasteiger partial charge in [-0.2, -0.15) is 0 Å². The molecule has 0 saturated heterocycles. The Labute approximate surface area is 178 Å². The largest absolute Gasteiger partial charge is 0.326 e. The van der Waals surface area contributed by atoms with Crippen LogP contribution in [0, 0.1) is 19.8 Å². The molecule has 3 rings (SSSR count). The minimum absolute atomic E-state index is 0.0259. The summed E-state index contributed by atoms with van der Waals surface area (Å²) in [5.41, 5.74) is 4.30. The van der Waals surface area contributed by atoms with Gasteiger partial charge >= 0.3 is 0 Å². The van der Waals surface area contributed by atoms with E-state index in [1.54, 1.807) is 25.2 Å². The average molecular weight is 435 g/mol. The molecule has 2 aromatic rings. The van der Waals surface area contributed by atoms with Crippen molar-refractivity contribution in [3.05, 3.63) is 40.8 Å². The minimum Gasteiger partial charge on any atom is -0.326 e. The molecule has 7 heteroatoms. The lowest BCUT2D eigenvalue weighted by atomic mass is 9.86. The van der Waals surface area contributed by atoms with Gasteiger partial charge in [-0.05, 0) is 93.6 Å². The zero-order valence-electron chi connectivity index (χ0n) is 17.5. The second kappa shape index (κ2) is 8.98. The second-order valence-corrected chi connectivity index (χ2v) is 11.4. The van der Waals surface area contributed by atoms with Crippen LogP contribution in [0.3, 0.4) is 0 Å². The first-order chi connectivity index (χ1) is 13.7. The maximum absolute atomic E-state index is 12.7. The van der Waals surface area contributed by atoms with Crippen LogP contribution in [0.4, 0.5) is 5.69 Å². The van der Waals surface area contributed by atoms with Crippen LogP contribution in [0.25, 0.3) is 10.4 Å². The Morgan fingerprint density at radius 1 is 1.10 bits per heavy atom. The summed E-state index contributed by atoms with van der Waals surface area (Å²) in [5.74, 6) is -0.0492. The number of thiophene rings is 1. The van der Waals surface area contributed by atoms with E-state index >= 15 is 0 Å². The molecule has 0 unspecified atom stereocenters. The highest BCUT2D eigenvalue weighted by Crippen LogP contribution is 2.31. The second-order valence-electron chi connectivity index (χ2n) is 8.27. The van der Waals surface area contributed by atoms with E-state index in [4.69, 9.17) is 0 Å². The number of aryl methyl sites for hydroxylation is 2. The highest BCUT2D eigenvalue weighted by atomic mass is 32.2. The summed E-state index contributed by atoms with van der Waals surface area (Å²) in [7, 11) is -3.26. The molecular weight excluding hydrogens is 404 g/mol. The Morgan fingerprint density at radius 2 is 1.79 bits per heavy atom. The van der Waals surface area contributed by atoms with Gasteiger partial charge in [0.1, 0.15) is 0 Å². The van der Waals surface area contributed by atoms with Gasteiger partial charge in [0.2, 0.25) is 15.9 Å². The van der Waals surface area contributed by atoms with Crippen molar-refractivity contribution in [3.63, 3.8) is 0 Å². The lowest BCUT2D eigenvalue weighted by Gasteiger charge is -2.29. The molecule has 0 spiro atoms. The van der Waals surface area contributed by atoms with Gasteiger partial charge in [0.15, 0.2) is 0 Å². The van der Waals surface area contributed by atoms with E-state index in [1.807, 2.05) is 19.1 Å². The van der Waals surface area contributed by atoms with E-state index in [9.17, 15) is 13.2 Å². The molecular formula is C22H30N2O3S2. The van der Waals surface area contributed by atoms with Crippen molar-refractivity contribution in [1.29, 1.82) is 0 Å². The van der Waals surface area contributed by atoms with Crippen molar-refractivity contribution in [2.45, 2.75) is 64.7 Å². The van der Waals surface area contributed by atoms with Crippen LogP contribution >= 0.6 is 11.3 Å². The van der Waals surface area contributed by atoms with Crippen molar-refractivity contribution in [1.82, 2.24) is 4.72 Å². The predicted octanol–water partition coefficient (Wildman–Crippen LogP) is 4.86. The molecule has 1 aromatic carbocycles.